The minimum atomic E-state index is -1.29. The number of carbonyl (C=O) groups is 3. The number of rotatable bonds is 6. The van der Waals surface area contributed by atoms with Gasteiger partial charge in [0.05, 0.1) is 6.42 Å². The van der Waals surface area contributed by atoms with E-state index in [-0.39, 0.29) is 0 Å². The molecule has 0 amide bonds. The molecule has 8 nitrogen and oxygen atoms in total. The van der Waals surface area contributed by atoms with E-state index in [2.05, 4.69) is 0 Å². The van der Waals surface area contributed by atoms with Crippen molar-refractivity contribution >= 4 is 17.9 Å². The van der Waals surface area contributed by atoms with Gasteiger partial charge in [-0.2, -0.15) is 0 Å². The van der Waals surface area contributed by atoms with E-state index in [0.29, 0.717) is 6.42 Å². The summed E-state index contributed by atoms with van der Waals surface area (Å²) in [4.78, 5) is 30.0. The molecule has 2 atom stereocenters. The van der Waals surface area contributed by atoms with Crippen LogP contribution in [0.15, 0.2) is 30.3 Å². The summed E-state index contributed by atoms with van der Waals surface area (Å²) in [7, 11) is 0. The Bertz CT molecular complexity index is 477. The van der Waals surface area contributed by atoms with Gasteiger partial charge in [-0.25, -0.2) is 0 Å². The molecule has 0 heterocycles. The second kappa shape index (κ2) is 9.45. The molecule has 1 aromatic carbocycles. The number of carboxylic acid groups (broad SMARTS) is 3. The van der Waals surface area contributed by atoms with Gasteiger partial charge in [-0.3, -0.25) is 14.4 Å². The third-order valence-corrected chi connectivity index (χ3v) is 2.33. The fourth-order valence-corrected chi connectivity index (χ4v) is 1.23. The highest BCUT2D eigenvalue weighted by Crippen LogP contribution is 2.01. The maximum Gasteiger partial charge on any atom is 0.321 e. The molecule has 8 heteroatoms. The number of carboxylic acids is 3. The first-order valence-electron chi connectivity index (χ1n) is 5.96. The number of hydrogen-bond acceptors (Lipinski definition) is 5. The van der Waals surface area contributed by atoms with Crippen molar-refractivity contribution in [1.82, 2.24) is 0 Å². The Labute approximate surface area is 121 Å². The van der Waals surface area contributed by atoms with Gasteiger partial charge in [-0.1, -0.05) is 30.3 Å². The summed E-state index contributed by atoms with van der Waals surface area (Å²) in [5.74, 6) is -3.46. The van der Waals surface area contributed by atoms with Gasteiger partial charge in [-0.15, -0.1) is 0 Å². The zero-order valence-corrected chi connectivity index (χ0v) is 11.2. The Kier molecular flexibility index (Phi) is 8.35. The summed E-state index contributed by atoms with van der Waals surface area (Å²) in [5.41, 5.74) is 11.1. The van der Waals surface area contributed by atoms with Gasteiger partial charge in [0.15, 0.2) is 0 Å². The summed E-state index contributed by atoms with van der Waals surface area (Å²) in [5, 5.41) is 24.6. The van der Waals surface area contributed by atoms with Crippen LogP contribution in [0.4, 0.5) is 0 Å². The van der Waals surface area contributed by atoms with Crippen LogP contribution in [0.25, 0.3) is 0 Å². The maximum atomic E-state index is 10.4. The molecule has 0 bridgehead atoms. The van der Waals surface area contributed by atoms with Crippen LogP contribution in [-0.4, -0.2) is 45.3 Å². The average Bonchev–Trinajstić information content (AvgIpc) is 2.39. The van der Waals surface area contributed by atoms with Gasteiger partial charge in [-0.05, 0) is 12.0 Å². The smallest absolute Gasteiger partial charge is 0.321 e. The lowest BCUT2D eigenvalue weighted by molar-refractivity contribution is -0.144. The van der Waals surface area contributed by atoms with E-state index < -0.39 is 36.4 Å². The molecule has 0 spiro atoms. The Balaban J connectivity index is 0.000000400. The van der Waals surface area contributed by atoms with E-state index in [4.69, 9.17) is 26.8 Å². The van der Waals surface area contributed by atoms with Crippen molar-refractivity contribution in [3.05, 3.63) is 35.9 Å². The molecule has 0 fully saturated rings. The Morgan fingerprint density at radius 2 is 1.38 bits per heavy atom. The van der Waals surface area contributed by atoms with Crippen molar-refractivity contribution < 1.29 is 29.7 Å². The molecule has 2 unspecified atom stereocenters. The lowest BCUT2D eigenvalue weighted by Crippen LogP contribution is -2.32. The summed E-state index contributed by atoms with van der Waals surface area (Å²) in [6.45, 7) is 0. The van der Waals surface area contributed by atoms with E-state index in [1.54, 1.807) is 0 Å². The topological polar surface area (TPSA) is 164 Å². The largest absolute Gasteiger partial charge is 0.481 e. The first kappa shape index (κ1) is 18.6. The SMILES string of the molecule is NC(CC(=O)O)C(=O)O.NC(Cc1ccccc1)C(=O)O. The van der Waals surface area contributed by atoms with Crippen molar-refractivity contribution in [3.63, 3.8) is 0 Å². The summed E-state index contributed by atoms with van der Waals surface area (Å²) in [6.07, 6.45) is -0.147. The number of aliphatic carboxylic acids is 3. The zero-order chi connectivity index (χ0) is 16.4. The van der Waals surface area contributed by atoms with Crippen LogP contribution < -0.4 is 11.5 Å². The maximum absolute atomic E-state index is 10.4. The Morgan fingerprint density at radius 3 is 1.71 bits per heavy atom. The molecule has 0 saturated heterocycles. The molecule has 21 heavy (non-hydrogen) atoms. The first-order valence-corrected chi connectivity index (χ1v) is 5.96. The highest BCUT2D eigenvalue weighted by atomic mass is 16.4. The van der Waals surface area contributed by atoms with Gasteiger partial charge in [0.1, 0.15) is 12.1 Å². The van der Waals surface area contributed by atoms with E-state index >= 15 is 0 Å². The molecule has 7 N–H and O–H groups in total. The number of benzene rings is 1. The normalized spacial score (nSPS) is 12.5. The Morgan fingerprint density at radius 1 is 0.905 bits per heavy atom. The van der Waals surface area contributed by atoms with Crippen LogP contribution in [0.3, 0.4) is 0 Å². The van der Waals surface area contributed by atoms with Gasteiger partial charge in [0, 0.05) is 0 Å². The van der Waals surface area contributed by atoms with E-state index in [1.165, 1.54) is 0 Å². The molecule has 0 aromatic heterocycles. The molecule has 0 aliphatic heterocycles. The molecular formula is C13H18N2O6. The molecule has 1 aromatic rings. The predicted octanol–water partition coefficient (Wildman–Crippen LogP) is -0.486. The van der Waals surface area contributed by atoms with Crippen molar-refractivity contribution in [2.45, 2.75) is 24.9 Å². The summed E-state index contributed by atoms with van der Waals surface area (Å²) >= 11 is 0. The lowest BCUT2D eigenvalue weighted by atomic mass is 10.1. The van der Waals surface area contributed by atoms with Crippen LogP contribution in [0.1, 0.15) is 12.0 Å². The van der Waals surface area contributed by atoms with E-state index in [0.717, 1.165) is 5.56 Å². The Hall–Kier alpha value is -2.45. The highest BCUT2D eigenvalue weighted by Gasteiger charge is 2.14. The second-order valence-electron chi connectivity index (χ2n) is 4.18. The van der Waals surface area contributed by atoms with Crippen molar-refractivity contribution in [1.29, 1.82) is 0 Å². The fourth-order valence-electron chi connectivity index (χ4n) is 1.23. The molecule has 0 saturated carbocycles. The van der Waals surface area contributed by atoms with Crippen LogP contribution >= 0.6 is 0 Å². The van der Waals surface area contributed by atoms with Gasteiger partial charge in [0.25, 0.3) is 0 Å². The van der Waals surface area contributed by atoms with Crippen molar-refractivity contribution in [2.75, 3.05) is 0 Å². The van der Waals surface area contributed by atoms with E-state index in [1.807, 2.05) is 30.3 Å². The summed E-state index contributed by atoms with van der Waals surface area (Å²) in [6, 6.07) is 7.25. The van der Waals surface area contributed by atoms with Crippen molar-refractivity contribution in [3.8, 4) is 0 Å². The standard InChI is InChI=1S/C9H11NO2.C4H7NO4/c10-8(9(11)12)6-7-4-2-1-3-5-7;5-2(4(8)9)1-3(6)7/h1-5,8H,6,10H2,(H,11,12);2H,1,5H2,(H,6,7)(H,8,9). The molecule has 0 aliphatic rings. The minimum absolute atomic E-state index is 0.385. The molecule has 116 valence electrons. The van der Waals surface area contributed by atoms with Crippen LogP contribution in [0.5, 0.6) is 0 Å². The quantitative estimate of drug-likeness (QED) is 0.469. The lowest BCUT2D eigenvalue weighted by Gasteiger charge is -2.04. The second-order valence-corrected chi connectivity index (χ2v) is 4.18. The predicted molar refractivity (Wildman–Crippen MR) is 73.6 cm³/mol. The van der Waals surface area contributed by atoms with Crippen LogP contribution in [0, 0.1) is 0 Å². The van der Waals surface area contributed by atoms with Crippen LogP contribution in [-0.2, 0) is 20.8 Å². The summed E-state index contributed by atoms with van der Waals surface area (Å²) < 4.78 is 0. The third-order valence-electron chi connectivity index (χ3n) is 2.33. The van der Waals surface area contributed by atoms with E-state index in [9.17, 15) is 14.4 Å². The van der Waals surface area contributed by atoms with Gasteiger partial charge < -0.3 is 26.8 Å². The number of nitrogens with two attached hydrogens (primary N) is 2. The third kappa shape index (κ3) is 9.14. The minimum Gasteiger partial charge on any atom is -0.481 e. The zero-order valence-electron chi connectivity index (χ0n) is 11.2. The molecule has 0 aliphatic carbocycles. The average molecular weight is 298 g/mol. The number of hydrogen-bond donors (Lipinski definition) is 5. The van der Waals surface area contributed by atoms with Crippen LogP contribution in [0.2, 0.25) is 0 Å². The molecule has 0 radical (unpaired) electrons. The molecular weight excluding hydrogens is 280 g/mol. The van der Waals surface area contributed by atoms with Gasteiger partial charge >= 0.3 is 17.9 Å². The van der Waals surface area contributed by atoms with Crippen molar-refractivity contribution in [2.24, 2.45) is 11.5 Å². The first-order chi connectivity index (χ1) is 9.73. The highest BCUT2D eigenvalue weighted by molar-refractivity contribution is 5.80. The molecule has 1 rings (SSSR count). The monoisotopic (exact) mass is 298 g/mol. The fraction of sp³-hybridized carbons (Fsp3) is 0.308. The van der Waals surface area contributed by atoms with Gasteiger partial charge in [0.2, 0.25) is 0 Å².